The standard InChI is InChI=1S/C22H19N3O5/c1-14-7-8-16(12-19(14)24-22(28)15-5-3-2-4-6-15)21(27)23-13-17-11-18(25(29)30)9-10-20(17)26/h2-12,26H,13H2,1H3,(H,23,27)(H,24,28). The van der Waals surface area contributed by atoms with E-state index < -0.39 is 10.8 Å². The Balaban J connectivity index is 1.73. The summed E-state index contributed by atoms with van der Waals surface area (Å²) in [7, 11) is 0. The number of amides is 2. The Kier molecular flexibility index (Phi) is 6.07. The van der Waals surface area contributed by atoms with Gasteiger partial charge in [-0.3, -0.25) is 19.7 Å². The minimum absolute atomic E-state index is 0.0913. The highest BCUT2D eigenvalue weighted by Crippen LogP contribution is 2.23. The van der Waals surface area contributed by atoms with Crippen LogP contribution in [0.4, 0.5) is 11.4 Å². The number of rotatable bonds is 6. The molecule has 0 unspecified atom stereocenters. The summed E-state index contributed by atoms with van der Waals surface area (Å²) in [5, 5.41) is 26.2. The number of nitrogens with one attached hydrogen (secondary N) is 2. The highest BCUT2D eigenvalue weighted by atomic mass is 16.6. The summed E-state index contributed by atoms with van der Waals surface area (Å²) >= 11 is 0. The van der Waals surface area contributed by atoms with E-state index in [0.29, 0.717) is 16.8 Å². The number of carbonyl (C=O) groups is 2. The molecule has 8 nitrogen and oxygen atoms in total. The second kappa shape index (κ2) is 8.87. The van der Waals surface area contributed by atoms with Gasteiger partial charge in [0.05, 0.1) is 4.92 Å². The van der Waals surface area contributed by atoms with Crippen LogP contribution in [-0.4, -0.2) is 21.8 Å². The quantitative estimate of drug-likeness (QED) is 0.425. The smallest absolute Gasteiger partial charge is 0.270 e. The molecule has 0 aromatic heterocycles. The van der Waals surface area contributed by atoms with E-state index in [1.165, 1.54) is 18.2 Å². The van der Waals surface area contributed by atoms with Gasteiger partial charge in [-0.05, 0) is 42.8 Å². The third-order valence-electron chi connectivity index (χ3n) is 4.50. The number of phenolic OH excluding ortho intramolecular Hbond substituents is 1. The Labute approximate surface area is 172 Å². The highest BCUT2D eigenvalue weighted by molar-refractivity contribution is 6.05. The molecule has 0 saturated heterocycles. The van der Waals surface area contributed by atoms with Gasteiger partial charge in [0.15, 0.2) is 0 Å². The third-order valence-corrected chi connectivity index (χ3v) is 4.50. The predicted octanol–water partition coefficient (Wildman–Crippen LogP) is 3.79. The molecule has 30 heavy (non-hydrogen) atoms. The Hall–Kier alpha value is -4.20. The van der Waals surface area contributed by atoms with E-state index in [1.807, 2.05) is 13.0 Å². The van der Waals surface area contributed by atoms with E-state index in [1.54, 1.807) is 42.5 Å². The van der Waals surface area contributed by atoms with Crippen molar-refractivity contribution in [2.45, 2.75) is 13.5 Å². The second-order valence-corrected chi connectivity index (χ2v) is 6.60. The molecule has 3 aromatic carbocycles. The summed E-state index contributed by atoms with van der Waals surface area (Å²) in [5.41, 5.74) is 2.12. The molecule has 3 aromatic rings. The van der Waals surface area contributed by atoms with Crippen molar-refractivity contribution in [2.24, 2.45) is 0 Å². The second-order valence-electron chi connectivity index (χ2n) is 6.60. The highest BCUT2D eigenvalue weighted by Gasteiger charge is 2.14. The number of nitro groups is 1. The van der Waals surface area contributed by atoms with Crippen LogP contribution in [0, 0.1) is 17.0 Å². The van der Waals surface area contributed by atoms with Gasteiger partial charge in [-0.25, -0.2) is 0 Å². The summed E-state index contributed by atoms with van der Waals surface area (Å²) in [6.45, 7) is 1.72. The number of aromatic hydroxyl groups is 1. The topological polar surface area (TPSA) is 122 Å². The van der Waals surface area contributed by atoms with E-state index in [-0.39, 0.29) is 29.5 Å². The first kappa shape index (κ1) is 20.5. The van der Waals surface area contributed by atoms with Crippen molar-refractivity contribution in [1.29, 1.82) is 0 Å². The summed E-state index contributed by atoms with van der Waals surface area (Å²) in [6.07, 6.45) is 0. The van der Waals surface area contributed by atoms with Gasteiger partial charge < -0.3 is 15.7 Å². The Morgan fingerprint density at radius 3 is 2.40 bits per heavy atom. The van der Waals surface area contributed by atoms with Crippen LogP contribution in [0.1, 0.15) is 31.8 Å². The molecule has 0 aliphatic carbocycles. The zero-order valence-corrected chi connectivity index (χ0v) is 16.1. The van der Waals surface area contributed by atoms with Crippen LogP contribution in [0.25, 0.3) is 0 Å². The molecule has 0 saturated carbocycles. The summed E-state index contributed by atoms with van der Waals surface area (Å²) in [6, 6.07) is 17.2. The molecule has 0 atom stereocenters. The molecule has 2 amide bonds. The van der Waals surface area contributed by atoms with Gasteiger partial charge in [-0.2, -0.15) is 0 Å². The SMILES string of the molecule is Cc1ccc(C(=O)NCc2cc([N+](=O)[O-])ccc2O)cc1NC(=O)c1ccccc1. The molecule has 0 fully saturated rings. The van der Waals surface area contributed by atoms with Gasteiger partial charge >= 0.3 is 0 Å². The Morgan fingerprint density at radius 1 is 0.967 bits per heavy atom. The molecular weight excluding hydrogens is 386 g/mol. The van der Waals surface area contributed by atoms with Crippen molar-refractivity contribution in [2.75, 3.05) is 5.32 Å². The molecule has 0 heterocycles. The number of benzene rings is 3. The van der Waals surface area contributed by atoms with Crippen molar-refractivity contribution in [1.82, 2.24) is 5.32 Å². The fourth-order valence-electron chi connectivity index (χ4n) is 2.79. The number of phenols is 1. The summed E-state index contributed by atoms with van der Waals surface area (Å²) in [4.78, 5) is 35.2. The van der Waals surface area contributed by atoms with Crippen molar-refractivity contribution in [3.05, 3.63) is 99.1 Å². The molecule has 0 bridgehead atoms. The van der Waals surface area contributed by atoms with Crippen LogP contribution in [0.3, 0.4) is 0 Å². The average Bonchev–Trinajstić information content (AvgIpc) is 2.74. The van der Waals surface area contributed by atoms with E-state index >= 15 is 0 Å². The van der Waals surface area contributed by atoms with Crippen LogP contribution in [0.2, 0.25) is 0 Å². The van der Waals surface area contributed by atoms with Crippen molar-refractivity contribution >= 4 is 23.2 Å². The monoisotopic (exact) mass is 405 g/mol. The number of anilines is 1. The molecule has 0 aliphatic heterocycles. The lowest BCUT2D eigenvalue weighted by Crippen LogP contribution is -2.23. The minimum Gasteiger partial charge on any atom is -0.508 e. The van der Waals surface area contributed by atoms with Crippen molar-refractivity contribution < 1.29 is 19.6 Å². The van der Waals surface area contributed by atoms with Gasteiger partial charge in [0, 0.05) is 41.1 Å². The van der Waals surface area contributed by atoms with Crippen LogP contribution >= 0.6 is 0 Å². The van der Waals surface area contributed by atoms with Crippen LogP contribution < -0.4 is 10.6 Å². The maximum absolute atomic E-state index is 12.5. The number of hydrogen-bond acceptors (Lipinski definition) is 5. The number of carbonyl (C=O) groups excluding carboxylic acids is 2. The Morgan fingerprint density at radius 2 is 1.70 bits per heavy atom. The fourth-order valence-corrected chi connectivity index (χ4v) is 2.79. The summed E-state index contributed by atoms with van der Waals surface area (Å²) in [5.74, 6) is -0.894. The zero-order chi connectivity index (χ0) is 21.7. The molecule has 3 rings (SSSR count). The van der Waals surface area contributed by atoms with E-state index in [4.69, 9.17) is 0 Å². The average molecular weight is 405 g/mol. The van der Waals surface area contributed by atoms with Gasteiger partial charge in [0.25, 0.3) is 17.5 Å². The first-order chi connectivity index (χ1) is 14.3. The van der Waals surface area contributed by atoms with Crippen LogP contribution in [-0.2, 0) is 6.54 Å². The molecule has 3 N–H and O–H groups in total. The van der Waals surface area contributed by atoms with Gasteiger partial charge in [0.1, 0.15) is 5.75 Å². The van der Waals surface area contributed by atoms with E-state index in [9.17, 15) is 24.8 Å². The molecule has 0 aliphatic rings. The normalized spacial score (nSPS) is 10.3. The Bertz CT molecular complexity index is 1110. The van der Waals surface area contributed by atoms with Gasteiger partial charge in [-0.1, -0.05) is 24.3 Å². The molecular formula is C22H19N3O5. The number of hydrogen-bond donors (Lipinski definition) is 3. The van der Waals surface area contributed by atoms with E-state index in [2.05, 4.69) is 10.6 Å². The number of aryl methyl sites for hydroxylation is 1. The lowest BCUT2D eigenvalue weighted by molar-refractivity contribution is -0.384. The van der Waals surface area contributed by atoms with Crippen molar-refractivity contribution in [3.63, 3.8) is 0 Å². The third kappa shape index (κ3) is 4.79. The fraction of sp³-hybridized carbons (Fsp3) is 0.0909. The van der Waals surface area contributed by atoms with Gasteiger partial charge in [0.2, 0.25) is 0 Å². The van der Waals surface area contributed by atoms with Gasteiger partial charge in [-0.15, -0.1) is 0 Å². The maximum atomic E-state index is 12.5. The molecule has 0 radical (unpaired) electrons. The number of nitro benzene ring substituents is 1. The number of non-ortho nitro benzene ring substituents is 1. The largest absolute Gasteiger partial charge is 0.508 e. The molecule has 0 spiro atoms. The first-order valence-corrected chi connectivity index (χ1v) is 9.06. The van der Waals surface area contributed by atoms with Crippen molar-refractivity contribution in [3.8, 4) is 5.75 Å². The minimum atomic E-state index is -0.577. The first-order valence-electron chi connectivity index (χ1n) is 9.06. The lowest BCUT2D eigenvalue weighted by atomic mass is 10.1. The van der Waals surface area contributed by atoms with E-state index in [0.717, 1.165) is 5.56 Å². The lowest BCUT2D eigenvalue weighted by Gasteiger charge is -2.12. The van der Waals surface area contributed by atoms with Crippen LogP contribution in [0.15, 0.2) is 66.7 Å². The molecule has 152 valence electrons. The molecule has 8 heteroatoms. The predicted molar refractivity (Wildman–Crippen MR) is 112 cm³/mol. The zero-order valence-electron chi connectivity index (χ0n) is 16.1. The van der Waals surface area contributed by atoms with Crippen LogP contribution in [0.5, 0.6) is 5.75 Å². The maximum Gasteiger partial charge on any atom is 0.270 e. The number of nitrogens with zero attached hydrogens (tertiary/aromatic N) is 1. The summed E-state index contributed by atoms with van der Waals surface area (Å²) < 4.78 is 0.